The summed E-state index contributed by atoms with van der Waals surface area (Å²) in [7, 11) is 0. The number of aromatic nitrogens is 2. The lowest BCUT2D eigenvalue weighted by atomic mass is 10.2. The van der Waals surface area contributed by atoms with Crippen LogP contribution < -0.4 is 10.6 Å². The molecule has 0 unspecified atom stereocenters. The molecule has 0 saturated carbocycles. The molecule has 1 amide bonds. The molecule has 134 valence electrons. The highest BCUT2D eigenvalue weighted by Crippen LogP contribution is 2.11. The molecule has 2 aromatic rings. The second kappa shape index (κ2) is 8.89. The third kappa shape index (κ3) is 4.99. The second-order valence-electron chi connectivity index (χ2n) is 5.82. The van der Waals surface area contributed by atoms with E-state index in [1.54, 1.807) is 24.3 Å². The van der Waals surface area contributed by atoms with Gasteiger partial charge in [-0.1, -0.05) is 0 Å². The summed E-state index contributed by atoms with van der Waals surface area (Å²) in [6.45, 7) is 5.07. The highest BCUT2D eigenvalue weighted by molar-refractivity contribution is 6.03. The molecule has 1 saturated heterocycles. The standard InChI is InChI=1S/C18H20N6O2/c19-11-14-1-3-16(4-2-14)23-17(25)15-12-21-18(22-13-15)20-5-6-24-7-9-26-10-8-24/h1-4,12-13H,5-10H2,(H,23,25)(H,20,21,22). The normalized spacial score (nSPS) is 14.4. The molecule has 2 N–H and O–H groups in total. The molecule has 3 rings (SSSR count). The number of nitrogens with zero attached hydrogens (tertiary/aromatic N) is 4. The molecule has 1 aliphatic rings. The van der Waals surface area contributed by atoms with E-state index in [-0.39, 0.29) is 5.91 Å². The molecule has 0 radical (unpaired) electrons. The minimum absolute atomic E-state index is 0.297. The van der Waals surface area contributed by atoms with E-state index in [2.05, 4.69) is 25.5 Å². The van der Waals surface area contributed by atoms with Crippen molar-refractivity contribution < 1.29 is 9.53 Å². The first-order chi connectivity index (χ1) is 12.7. The molecule has 0 bridgehead atoms. The van der Waals surface area contributed by atoms with E-state index in [1.807, 2.05) is 6.07 Å². The van der Waals surface area contributed by atoms with Crippen molar-refractivity contribution in [3.8, 4) is 6.07 Å². The van der Waals surface area contributed by atoms with Crippen molar-refractivity contribution in [2.24, 2.45) is 0 Å². The summed E-state index contributed by atoms with van der Waals surface area (Å²) in [6, 6.07) is 8.69. The number of nitrogens with one attached hydrogen (secondary N) is 2. The predicted molar refractivity (Wildman–Crippen MR) is 96.9 cm³/mol. The van der Waals surface area contributed by atoms with Crippen molar-refractivity contribution in [3.05, 3.63) is 47.8 Å². The van der Waals surface area contributed by atoms with Gasteiger partial charge in [0.05, 0.1) is 30.4 Å². The van der Waals surface area contributed by atoms with Gasteiger partial charge in [0.25, 0.3) is 5.91 Å². The maximum atomic E-state index is 12.2. The van der Waals surface area contributed by atoms with Crippen molar-refractivity contribution in [2.75, 3.05) is 50.0 Å². The van der Waals surface area contributed by atoms with Crippen molar-refractivity contribution in [3.63, 3.8) is 0 Å². The molecule has 26 heavy (non-hydrogen) atoms. The number of anilines is 2. The first kappa shape index (κ1) is 17.8. The summed E-state index contributed by atoms with van der Waals surface area (Å²) >= 11 is 0. The van der Waals surface area contributed by atoms with Crippen LogP contribution >= 0.6 is 0 Å². The van der Waals surface area contributed by atoms with Crippen molar-refractivity contribution >= 4 is 17.5 Å². The zero-order valence-corrected chi connectivity index (χ0v) is 14.3. The lowest BCUT2D eigenvalue weighted by Gasteiger charge is -2.26. The minimum Gasteiger partial charge on any atom is -0.379 e. The Labute approximate surface area is 151 Å². The van der Waals surface area contributed by atoms with Gasteiger partial charge in [-0.25, -0.2) is 9.97 Å². The molecule has 1 fully saturated rings. The van der Waals surface area contributed by atoms with E-state index >= 15 is 0 Å². The number of carbonyl (C=O) groups excluding carboxylic acids is 1. The Kier molecular flexibility index (Phi) is 6.09. The Hall–Kier alpha value is -3.02. The number of amides is 1. The summed E-state index contributed by atoms with van der Waals surface area (Å²) in [5.41, 5.74) is 1.52. The fourth-order valence-corrected chi connectivity index (χ4v) is 2.52. The van der Waals surface area contributed by atoms with E-state index in [0.29, 0.717) is 22.8 Å². The number of nitriles is 1. The molecule has 8 heteroatoms. The average molecular weight is 352 g/mol. The van der Waals surface area contributed by atoms with Gasteiger partial charge in [-0.3, -0.25) is 9.69 Å². The van der Waals surface area contributed by atoms with Gasteiger partial charge in [0, 0.05) is 44.3 Å². The van der Waals surface area contributed by atoms with Crippen LogP contribution in [0.2, 0.25) is 0 Å². The van der Waals surface area contributed by atoms with Crippen molar-refractivity contribution in [2.45, 2.75) is 0 Å². The number of ether oxygens (including phenoxy) is 1. The topological polar surface area (TPSA) is 103 Å². The van der Waals surface area contributed by atoms with Crippen LogP contribution in [0.1, 0.15) is 15.9 Å². The zero-order chi connectivity index (χ0) is 18.2. The maximum Gasteiger partial charge on any atom is 0.258 e. The zero-order valence-electron chi connectivity index (χ0n) is 14.3. The lowest BCUT2D eigenvalue weighted by Crippen LogP contribution is -2.39. The number of carbonyl (C=O) groups is 1. The number of rotatable bonds is 6. The van der Waals surface area contributed by atoms with Gasteiger partial charge >= 0.3 is 0 Å². The van der Waals surface area contributed by atoms with Gasteiger partial charge in [0.2, 0.25) is 5.95 Å². The van der Waals surface area contributed by atoms with Gasteiger partial charge in [-0.15, -0.1) is 0 Å². The van der Waals surface area contributed by atoms with Gasteiger partial charge < -0.3 is 15.4 Å². The lowest BCUT2D eigenvalue weighted by molar-refractivity contribution is 0.0398. The summed E-state index contributed by atoms with van der Waals surface area (Å²) in [4.78, 5) is 22.9. The summed E-state index contributed by atoms with van der Waals surface area (Å²) in [5, 5.41) is 14.7. The van der Waals surface area contributed by atoms with Crippen LogP contribution in [0.25, 0.3) is 0 Å². The van der Waals surface area contributed by atoms with E-state index in [9.17, 15) is 4.79 Å². The summed E-state index contributed by atoms with van der Waals surface area (Å²) < 4.78 is 5.32. The SMILES string of the molecule is N#Cc1ccc(NC(=O)c2cnc(NCCN3CCOCC3)nc2)cc1. The fraction of sp³-hybridized carbons (Fsp3) is 0.333. The third-order valence-electron chi connectivity index (χ3n) is 4.00. The van der Waals surface area contributed by atoms with E-state index in [1.165, 1.54) is 12.4 Å². The van der Waals surface area contributed by atoms with E-state index in [4.69, 9.17) is 10.00 Å². The van der Waals surface area contributed by atoms with Crippen molar-refractivity contribution in [1.29, 1.82) is 5.26 Å². The predicted octanol–water partition coefficient (Wildman–Crippen LogP) is 1.34. The van der Waals surface area contributed by atoms with Crippen LogP contribution in [0.5, 0.6) is 0 Å². The molecular weight excluding hydrogens is 332 g/mol. The quantitative estimate of drug-likeness (QED) is 0.809. The number of hydrogen-bond donors (Lipinski definition) is 2. The number of benzene rings is 1. The Morgan fingerprint density at radius 3 is 2.54 bits per heavy atom. The van der Waals surface area contributed by atoms with Gasteiger partial charge in [0.1, 0.15) is 0 Å². The average Bonchev–Trinajstić information content (AvgIpc) is 2.70. The Bertz CT molecular complexity index is 764. The monoisotopic (exact) mass is 352 g/mol. The highest BCUT2D eigenvalue weighted by atomic mass is 16.5. The molecule has 1 aliphatic heterocycles. The van der Waals surface area contributed by atoms with E-state index < -0.39 is 0 Å². The molecule has 2 heterocycles. The van der Waals surface area contributed by atoms with Crippen LogP contribution in [-0.4, -0.2) is 60.2 Å². The third-order valence-corrected chi connectivity index (χ3v) is 4.00. The van der Waals surface area contributed by atoms with Crippen LogP contribution in [0, 0.1) is 11.3 Å². The molecule has 1 aromatic carbocycles. The molecule has 1 aromatic heterocycles. The molecule has 0 atom stereocenters. The molecule has 0 aliphatic carbocycles. The number of hydrogen-bond acceptors (Lipinski definition) is 7. The Morgan fingerprint density at radius 1 is 1.19 bits per heavy atom. The fourth-order valence-electron chi connectivity index (χ4n) is 2.52. The first-order valence-corrected chi connectivity index (χ1v) is 8.42. The Morgan fingerprint density at radius 2 is 1.88 bits per heavy atom. The van der Waals surface area contributed by atoms with E-state index in [0.717, 1.165) is 39.4 Å². The van der Waals surface area contributed by atoms with Gasteiger partial charge in [-0.2, -0.15) is 5.26 Å². The van der Waals surface area contributed by atoms with Crippen LogP contribution in [-0.2, 0) is 4.74 Å². The van der Waals surface area contributed by atoms with Gasteiger partial charge in [0.15, 0.2) is 0 Å². The maximum absolute atomic E-state index is 12.2. The smallest absolute Gasteiger partial charge is 0.258 e. The summed E-state index contributed by atoms with van der Waals surface area (Å²) in [6.07, 6.45) is 2.98. The summed E-state index contributed by atoms with van der Waals surface area (Å²) in [5.74, 6) is 0.197. The van der Waals surface area contributed by atoms with Crippen LogP contribution in [0.3, 0.4) is 0 Å². The largest absolute Gasteiger partial charge is 0.379 e. The Balaban J connectivity index is 1.48. The molecular formula is C18H20N6O2. The van der Waals surface area contributed by atoms with Crippen molar-refractivity contribution in [1.82, 2.24) is 14.9 Å². The van der Waals surface area contributed by atoms with Crippen LogP contribution in [0.4, 0.5) is 11.6 Å². The second-order valence-corrected chi connectivity index (χ2v) is 5.82. The highest BCUT2D eigenvalue weighted by Gasteiger charge is 2.10. The number of morpholine rings is 1. The minimum atomic E-state index is -0.297. The molecule has 8 nitrogen and oxygen atoms in total. The molecule has 0 spiro atoms. The first-order valence-electron chi connectivity index (χ1n) is 8.42. The van der Waals surface area contributed by atoms with Crippen LogP contribution in [0.15, 0.2) is 36.7 Å². The van der Waals surface area contributed by atoms with Gasteiger partial charge in [-0.05, 0) is 24.3 Å².